The summed E-state index contributed by atoms with van der Waals surface area (Å²) in [5.41, 5.74) is 0.637. The predicted molar refractivity (Wildman–Crippen MR) is 108 cm³/mol. The fraction of sp³-hybridized carbons (Fsp3) is 0.0952. The average molecular weight is 402 g/mol. The van der Waals surface area contributed by atoms with E-state index in [0.29, 0.717) is 27.2 Å². The third-order valence-corrected chi connectivity index (χ3v) is 4.20. The van der Waals surface area contributed by atoms with Crippen molar-refractivity contribution < 1.29 is 14.3 Å². The summed E-state index contributed by atoms with van der Waals surface area (Å²) in [7, 11) is 0. The van der Waals surface area contributed by atoms with E-state index in [2.05, 4.69) is 5.32 Å². The minimum atomic E-state index is -0.732. The molecule has 0 spiro atoms. The number of para-hydroxylation sites is 1. The van der Waals surface area contributed by atoms with Crippen molar-refractivity contribution in [3.05, 3.63) is 82.8 Å². The molecule has 1 N–H and O–H groups in total. The van der Waals surface area contributed by atoms with Crippen LogP contribution >= 0.6 is 23.2 Å². The lowest BCUT2D eigenvalue weighted by molar-refractivity contribution is -0.122. The molecule has 4 nitrogen and oxygen atoms in total. The Morgan fingerprint density at radius 1 is 0.926 bits per heavy atom. The van der Waals surface area contributed by atoms with E-state index in [9.17, 15) is 4.79 Å². The zero-order chi connectivity index (χ0) is 19.2. The Kier molecular flexibility index (Phi) is 6.22. The van der Waals surface area contributed by atoms with Gasteiger partial charge >= 0.3 is 0 Å². The highest BCUT2D eigenvalue weighted by atomic mass is 35.5. The summed E-state index contributed by atoms with van der Waals surface area (Å²) in [6, 6.07) is 21.4. The van der Waals surface area contributed by atoms with E-state index < -0.39 is 6.10 Å². The summed E-state index contributed by atoms with van der Waals surface area (Å²) in [6.45, 7) is 1.65. The van der Waals surface area contributed by atoms with E-state index >= 15 is 0 Å². The molecule has 1 unspecified atom stereocenters. The Bertz CT molecular complexity index is 914. The summed E-state index contributed by atoms with van der Waals surface area (Å²) in [5.74, 6) is 1.53. The lowest BCUT2D eigenvalue weighted by Crippen LogP contribution is -2.30. The quantitative estimate of drug-likeness (QED) is 0.535. The van der Waals surface area contributed by atoms with Crippen LogP contribution in [0.5, 0.6) is 17.2 Å². The number of amides is 1. The van der Waals surface area contributed by atoms with Crippen LogP contribution in [-0.2, 0) is 4.79 Å². The van der Waals surface area contributed by atoms with E-state index in [1.54, 1.807) is 49.4 Å². The van der Waals surface area contributed by atoms with Crippen molar-refractivity contribution in [2.24, 2.45) is 0 Å². The molecule has 27 heavy (non-hydrogen) atoms. The maximum atomic E-state index is 12.3. The number of anilines is 1. The molecule has 1 atom stereocenters. The molecule has 0 radical (unpaired) electrons. The molecule has 0 aliphatic carbocycles. The van der Waals surface area contributed by atoms with Crippen molar-refractivity contribution >= 4 is 34.8 Å². The zero-order valence-electron chi connectivity index (χ0n) is 14.5. The van der Waals surface area contributed by atoms with Crippen LogP contribution in [0.4, 0.5) is 5.69 Å². The van der Waals surface area contributed by atoms with Crippen LogP contribution in [-0.4, -0.2) is 12.0 Å². The molecule has 0 aliphatic rings. The van der Waals surface area contributed by atoms with Crippen molar-refractivity contribution in [3.8, 4) is 17.2 Å². The number of benzene rings is 3. The molecule has 1 amide bonds. The molecule has 3 rings (SSSR count). The van der Waals surface area contributed by atoms with Gasteiger partial charge in [0.05, 0.1) is 5.02 Å². The molecule has 138 valence electrons. The number of carbonyl (C=O) groups is 1. The van der Waals surface area contributed by atoms with Crippen molar-refractivity contribution in [1.82, 2.24) is 0 Å². The van der Waals surface area contributed by atoms with Gasteiger partial charge in [-0.05, 0) is 61.5 Å². The summed E-state index contributed by atoms with van der Waals surface area (Å²) in [5, 5.41) is 3.65. The maximum absolute atomic E-state index is 12.3. The highest BCUT2D eigenvalue weighted by molar-refractivity contribution is 6.35. The minimum Gasteiger partial charge on any atom is -0.479 e. The first-order valence-electron chi connectivity index (χ1n) is 8.27. The topological polar surface area (TPSA) is 47.6 Å². The van der Waals surface area contributed by atoms with Crippen LogP contribution in [0, 0.1) is 0 Å². The molecule has 0 aromatic heterocycles. The minimum absolute atomic E-state index is 0.294. The number of hydrogen-bond donors (Lipinski definition) is 1. The van der Waals surface area contributed by atoms with Gasteiger partial charge in [-0.2, -0.15) is 0 Å². The summed E-state index contributed by atoms with van der Waals surface area (Å²) < 4.78 is 11.3. The largest absolute Gasteiger partial charge is 0.479 e. The Hall–Kier alpha value is -2.69. The summed E-state index contributed by atoms with van der Waals surface area (Å²) >= 11 is 11.9. The molecule has 6 heteroatoms. The van der Waals surface area contributed by atoms with Crippen LogP contribution in [0.3, 0.4) is 0 Å². The second-order valence-corrected chi connectivity index (χ2v) is 6.61. The molecule has 0 saturated carbocycles. The fourth-order valence-corrected chi connectivity index (χ4v) is 2.74. The molecule has 3 aromatic rings. The molecule has 3 aromatic carbocycles. The molecular formula is C21H17Cl2NO3. The number of rotatable bonds is 6. The fourth-order valence-electron chi connectivity index (χ4n) is 2.29. The normalized spacial score (nSPS) is 11.5. The Morgan fingerprint density at radius 3 is 2.26 bits per heavy atom. The number of halogens is 2. The number of ether oxygens (including phenoxy) is 2. The van der Waals surface area contributed by atoms with Gasteiger partial charge in [0, 0.05) is 10.7 Å². The molecule has 0 fully saturated rings. The highest BCUT2D eigenvalue weighted by Gasteiger charge is 2.16. The summed E-state index contributed by atoms with van der Waals surface area (Å²) in [4.78, 5) is 12.3. The molecule has 0 aliphatic heterocycles. The zero-order valence-corrected chi connectivity index (χ0v) is 16.0. The second-order valence-electron chi connectivity index (χ2n) is 5.76. The van der Waals surface area contributed by atoms with Gasteiger partial charge < -0.3 is 14.8 Å². The van der Waals surface area contributed by atoms with Crippen LogP contribution in [0.1, 0.15) is 6.92 Å². The van der Waals surface area contributed by atoms with Crippen molar-refractivity contribution in [2.75, 3.05) is 5.32 Å². The van der Waals surface area contributed by atoms with E-state index in [-0.39, 0.29) is 5.91 Å². The first-order valence-corrected chi connectivity index (χ1v) is 9.02. The standard InChI is InChI=1S/C21H17Cl2NO3/c1-14(26-20-12-7-15(22)13-19(20)23)21(25)24-16-8-10-18(11-9-16)27-17-5-3-2-4-6-17/h2-14H,1H3,(H,24,25). The predicted octanol–water partition coefficient (Wildman–Crippen LogP) is 6.19. The highest BCUT2D eigenvalue weighted by Crippen LogP contribution is 2.28. The lowest BCUT2D eigenvalue weighted by Gasteiger charge is -2.16. The smallest absolute Gasteiger partial charge is 0.265 e. The van der Waals surface area contributed by atoms with Crippen molar-refractivity contribution in [2.45, 2.75) is 13.0 Å². The van der Waals surface area contributed by atoms with Crippen LogP contribution in [0.15, 0.2) is 72.8 Å². The van der Waals surface area contributed by atoms with Gasteiger partial charge in [0.1, 0.15) is 17.2 Å². The van der Waals surface area contributed by atoms with Crippen LogP contribution in [0.25, 0.3) is 0 Å². The van der Waals surface area contributed by atoms with E-state index in [1.165, 1.54) is 0 Å². The first kappa shape index (κ1) is 19.1. The second kappa shape index (κ2) is 8.80. The van der Waals surface area contributed by atoms with E-state index in [4.69, 9.17) is 32.7 Å². The molecular weight excluding hydrogens is 385 g/mol. The SMILES string of the molecule is CC(Oc1ccc(Cl)cc1Cl)C(=O)Nc1ccc(Oc2ccccc2)cc1. The number of nitrogens with one attached hydrogen (secondary N) is 1. The Balaban J connectivity index is 1.58. The first-order chi connectivity index (χ1) is 13.0. The number of hydrogen-bond acceptors (Lipinski definition) is 3. The van der Waals surface area contributed by atoms with Gasteiger partial charge in [-0.25, -0.2) is 0 Å². The van der Waals surface area contributed by atoms with E-state index in [0.717, 1.165) is 5.75 Å². The Morgan fingerprint density at radius 2 is 1.59 bits per heavy atom. The van der Waals surface area contributed by atoms with Gasteiger partial charge in [-0.1, -0.05) is 41.4 Å². The Labute approximate surface area is 167 Å². The van der Waals surface area contributed by atoms with Crippen LogP contribution < -0.4 is 14.8 Å². The molecule has 0 saturated heterocycles. The van der Waals surface area contributed by atoms with Gasteiger partial charge in [-0.15, -0.1) is 0 Å². The van der Waals surface area contributed by atoms with Crippen LogP contribution in [0.2, 0.25) is 10.0 Å². The summed E-state index contributed by atoms with van der Waals surface area (Å²) in [6.07, 6.45) is -0.732. The van der Waals surface area contributed by atoms with Gasteiger partial charge in [-0.3, -0.25) is 4.79 Å². The van der Waals surface area contributed by atoms with Gasteiger partial charge in [0.25, 0.3) is 5.91 Å². The van der Waals surface area contributed by atoms with Gasteiger partial charge in [0.15, 0.2) is 6.10 Å². The van der Waals surface area contributed by atoms with Crippen molar-refractivity contribution in [1.29, 1.82) is 0 Å². The molecule has 0 bridgehead atoms. The lowest BCUT2D eigenvalue weighted by atomic mass is 10.2. The monoisotopic (exact) mass is 401 g/mol. The van der Waals surface area contributed by atoms with Crippen molar-refractivity contribution in [3.63, 3.8) is 0 Å². The third-order valence-electron chi connectivity index (χ3n) is 3.67. The van der Waals surface area contributed by atoms with E-state index in [1.807, 2.05) is 30.3 Å². The van der Waals surface area contributed by atoms with Gasteiger partial charge in [0.2, 0.25) is 0 Å². The third kappa shape index (κ3) is 5.39. The molecule has 0 heterocycles. The maximum Gasteiger partial charge on any atom is 0.265 e. The number of carbonyl (C=O) groups excluding carboxylic acids is 1. The average Bonchev–Trinajstić information content (AvgIpc) is 2.66.